The third-order valence-electron chi connectivity index (χ3n) is 11.6. The van der Waals surface area contributed by atoms with Gasteiger partial charge in [-0.3, -0.25) is 37.0 Å². The van der Waals surface area contributed by atoms with Gasteiger partial charge in [0, 0.05) is 40.3 Å². The number of benzene rings is 2. The zero-order valence-corrected chi connectivity index (χ0v) is 33.8. The molecule has 0 bridgehead atoms. The Labute approximate surface area is 330 Å². The number of nitrogens with zero attached hydrogens (tertiary/aromatic N) is 8. The summed E-state index contributed by atoms with van der Waals surface area (Å²) in [6.45, 7) is 4.84. The summed E-state index contributed by atoms with van der Waals surface area (Å²) in [6.07, 6.45) is 11.6. The molecule has 0 unspecified atom stereocenters. The van der Waals surface area contributed by atoms with Crippen LogP contribution in [0.3, 0.4) is 0 Å². The van der Waals surface area contributed by atoms with Crippen molar-refractivity contribution in [2.75, 3.05) is 10.6 Å². The van der Waals surface area contributed by atoms with Crippen LogP contribution in [0.2, 0.25) is 0 Å². The molecule has 57 heavy (non-hydrogen) atoms. The number of anilines is 2. The number of aryl methyl sites for hydroxylation is 4. The number of imidazole rings is 2. The molecule has 2 aliphatic rings. The van der Waals surface area contributed by atoms with E-state index >= 15 is 0 Å². The zero-order chi connectivity index (χ0) is 40.5. The van der Waals surface area contributed by atoms with E-state index < -0.39 is 5.69 Å². The summed E-state index contributed by atoms with van der Waals surface area (Å²) in [5, 5.41) is 16.9. The Hall–Kier alpha value is -5.86. The number of phenols is 1. The highest BCUT2D eigenvalue weighted by Crippen LogP contribution is 2.27. The molecule has 0 saturated heterocycles. The SMILES string of the molecule is Cc1cc(Cn2c(NC3CCCCC3)nc3c2c(=O)n(C)c(=O)n3C)ccc1O.Cc1cccc(Cn2c(NC3CCCCC3)nc3c2c(=O)n(C)c(=O)n3C)c1. The molecule has 8 rings (SSSR count). The van der Waals surface area contributed by atoms with Gasteiger partial charge in [0.05, 0.1) is 13.1 Å². The lowest BCUT2D eigenvalue weighted by Gasteiger charge is -2.23. The minimum Gasteiger partial charge on any atom is -0.508 e. The van der Waals surface area contributed by atoms with E-state index in [9.17, 15) is 24.3 Å². The van der Waals surface area contributed by atoms with E-state index in [1.54, 1.807) is 20.2 Å². The van der Waals surface area contributed by atoms with Crippen molar-refractivity contribution in [2.24, 2.45) is 28.2 Å². The smallest absolute Gasteiger partial charge is 0.332 e. The number of rotatable bonds is 8. The number of fused-ring (bicyclic) bond motifs is 2. The van der Waals surface area contributed by atoms with E-state index in [2.05, 4.69) is 45.7 Å². The minimum absolute atomic E-state index is 0.239. The van der Waals surface area contributed by atoms with Gasteiger partial charge in [0.25, 0.3) is 11.1 Å². The molecule has 0 radical (unpaired) electrons. The Morgan fingerprint density at radius 2 is 1.07 bits per heavy atom. The summed E-state index contributed by atoms with van der Waals surface area (Å²) in [5.74, 6) is 1.51. The molecule has 0 aliphatic heterocycles. The molecular formula is C42H54N10O5. The van der Waals surface area contributed by atoms with Gasteiger partial charge in [-0.1, -0.05) is 80.5 Å². The van der Waals surface area contributed by atoms with Crippen LogP contribution < -0.4 is 33.1 Å². The van der Waals surface area contributed by atoms with Gasteiger partial charge in [-0.05, 0) is 62.3 Å². The third-order valence-corrected chi connectivity index (χ3v) is 11.6. The van der Waals surface area contributed by atoms with Crippen molar-refractivity contribution in [1.82, 2.24) is 37.4 Å². The van der Waals surface area contributed by atoms with E-state index in [4.69, 9.17) is 0 Å². The van der Waals surface area contributed by atoms with Crippen molar-refractivity contribution in [3.63, 3.8) is 0 Å². The van der Waals surface area contributed by atoms with Gasteiger partial charge in [0.1, 0.15) is 5.75 Å². The van der Waals surface area contributed by atoms with Gasteiger partial charge < -0.3 is 15.7 Å². The first-order chi connectivity index (χ1) is 27.3. The highest BCUT2D eigenvalue weighted by atomic mass is 16.3. The van der Waals surface area contributed by atoms with Crippen LogP contribution in [0, 0.1) is 13.8 Å². The van der Waals surface area contributed by atoms with Gasteiger partial charge in [-0.15, -0.1) is 0 Å². The van der Waals surface area contributed by atoms with Crippen molar-refractivity contribution in [3.05, 3.63) is 106 Å². The Balaban J connectivity index is 0.000000174. The quantitative estimate of drug-likeness (QED) is 0.197. The maximum absolute atomic E-state index is 13.0. The van der Waals surface area contributed by atoms with E-state index in [0.29, 0.717) is 59.4 Å². The molecule has 4 aromatic heterocycles. The molecule has 15 nitrogen and oxygen atoms in total. The zero-order valence-electron chi connectivity index (χ0n) is 33.8. The third kappa shape index (κ3) is 7.92. The number of hydrogen-bond donors (Lipinski definition) is 3. The molecule has 6 aromatic rings. The van der Waals surface area contributed by atoms with Crippen molar-refractivity contribution < 1.29 is 5.11 Å². The topological polar surface area (TPSA) is 168 Å². The fraction of sp³-hybridized carbons (Fsp3) is 0.476. The molecule has 2 aromatic carbocycles. The molecule has 3 N–H and O–H groups in total. The molecule has 2 saturated carbocycles. The highest BCUT2D eigenvalue weighted by molar-refractivity contribution is 5.75. The predicted octanol–water partition coefficient (Wildman–Crippen LogP) is 4.78. The Kier molecular flexibility index (Phi) is 11.3. The van der Waals surface area contributed by atoms with Crippen LogP contribution in [0.25, 0.3) is 22.3 Å². The summed E-state index contributed by atoms with van der Waals surface area (Å²) in [6, 6.07) is 14.3. The van der Waals surface area contributed by atoms with Crippen molar-refractivity contribution in [3.8, 4) is 5.75 Å². The largest absolute Gasteiger partial charge is 0.508 e. The van der Waals surface area contributed by atoms with E-state index in [0.717, 1.165) is 51.5 Å². The molecule has 0 atom stereocenters. The first-order valence-electron chi connectivity index (χ1n) is 20.0. The Bertz CT molecular complexity index is 2680. The van der Waals surface area contributed by atoms with Crippen molar-refractivity contribution >= 4 is 34.2 Å². The number of nitrogens with one attached hydrogen (secondary N) is 2. The number of aromatic nitrogens is 8. The van der Waals surface area contributed by atoms with E-state index in [1.165, 1.54) is 67.3 Å². The molecule has 15 heteroatoms. The predicted molar refractivity (Wildman–Crippen MR) is 224 cm³/mol. The molecule has 0 amide bonds. The second-order valence-electron chi connectivity index (χ2n) is 15.9. The van der Waals surface area contributed by atoms with Crippen LogP contribution in [0.4, 0.5) is 11.9 Å². The fourth-order valence-electron chi connectivity index (χ4n) is 8.27. The summed E-state index contributed by atoms with van der Waals surface area (Å²) < 4.78 is 8.93. The lowest BCUT2D eigenvalue weighted by Crippen LogP contribution is -2.37. The lowest BCUT2D eigenvalue weighted by atomic mass is 9.96. The maximum atomic E-state index is 13.0. The van der Waals surface area contributed by atoms with Gasteiger partial charge >= 0.3 is 11.4 Å². The Morgan fingerprint density at radius 1 is 0.614 bits per heavy atom. The van der Waals surface area contributed by atoms with Crippen LogP contribution >= 0.6 is 0 Å². The highest BCUT2D eigenvalue weighted by Gasteiger charge is 2.24. The maximum Gasteiger partial charge on any atom is 0.332 e. The second kappa shape index (κ2) is 16.3. The summed E-state index contributed by atoms with van der Waals surface area (Å²) >= 11 is 0. The lowest BCUT2D eigenvalue weighted by molar-refractivity contribution is 0.459. The molecule has 4 heterocycles. The van der Waals surface area contributed by atoms with Crippen LogP contribution in [0.1, 0.15) is 86.5 Å². The summed E-state index contributed by atoms with van der Waals surface area (Å²) in [5.41, 5.74) is 4.24. The van der Waals surface area contributed by atoms with Crippen molar-refractivity contribution in [1.29, 1.82) is 0 Å². The van der Waals surface area contributed by atoms with Gasteiger partial charge in [-0.25, -0.2) is 9.59 Å². The normalized spacial score (nSPS) is 15.2. The minimum atomic E-state index is -0.392. The van der Waals surface area contributed by atoms with E-state index in [-0.39, 0.29) is 22.6 Å². The first-order valence-corrected chi connectivity index (χ1v) is 20.0. The Morgan fingerprint density at radius 3 is 1.51 bits per heavy atom. The monoisotopic (exact) mass is 778 g/mol. The average molecular weight is 779 g/mol. The van der Waals surface area contributed by atoms with Gasteiger partial charge in [-0.2, -0.15) is 9.97 Å². The standard InChI is InChI=1S/C21H27N5O3.C21H27N5O2/c1-13-11-14(9-10-16(13)27)12-26-17-18(24(2)21(29)25(3)19(17)28)23-20(26)22-15-7-5-4-6-8-15;1-14-8-7-9-15(12-14)13-26-17-18(24(2)21(28)25(3)19(17)27)23-20(26)22-16-10-5-4-6-11-16/h9-11,15,27H,4-8,12H2,1-3H3,(H,22,23);7-9,12,16H,4-6,10-11,13H2,1-3H3,(H,22,23). The first kappa shape index (κ1) is 39.4. The molecule has 2 aliphatic carbocycles. The van der Waals surface area contributed by atoms with E-state index in [1.807, 2.05) is 34.3 Å². The molecule has 2 fully saturated rings. The fourth-order valence-corrected chi connectivity index (χ4v) is 8.27. The van der Waals surface area contributed by atoms with Crippen LogP contribution in [0.5, 0.6) is 5.75 Å². The molecule has 302 valence electrons. The molecule has 0 spiro atoms. The average Bonchev–Trinajstić information content (AvgIpc) is 3.74. The number of hydrogen-bond acceptors (Lipinski definition) is 9. The van der Waals surface area contributed by atoms with Crippen LogP contribution in [-0.2, 0) is 41.3 Å². The van der Waals surface area contributed by atoms with Crippen LogP contribution in [0.15, 0.2) is 61.6 Å². The number of aromatic hydroxyl groups is 1. The van der Waals surface area contributed by atoms with Crippen LogP contribution in [-0.4, -0.2) is 54.6 Å². The summed E-state index contributed by atoms with van der Waals surface area (Å²) in [7, 11) is 6.30. The van der Waals surface area contributed by atoms with Gasteiger partial charge in [0.15, 0.2) is 22.3 Å². The van der Waals surface area contributed by atoms with Crippen molar-refractivity contribution in [2.45, 2.75) is 103 Å². The van der Waals surface area contributed by atoms with Gasteiger partial charge in [0.2, 0.25) is 11.9 Å². The number of phenolic OH excluding ortho intramolecular Hbond substituents is 1. The molecular weight excluding hydrogens is 725 g/mol. The second-order valence-corrected chi connectivity index (χ2v) is 15.9. The summed E-state index contributed by atoms with van der Waals surface area (Å²) in [4.78, 5) is 60.0.